The van der Waals surface area contributed by atoms with Crippen molar-refractivity contribution in [2.75, 3.05) is 26.5 Å². The number of hydrogen-bond donors (Lipinski definition) is 3. The summed E-state index contributed by atoms with van der Waals surface area (Å²) in [6, 6.07) is 4.91. The lowest BCUT2D eigenvalue weighted by molar-refractivity contribution is -0.134. The maximum Gasteiger partial charge on any atom is 0.410 e. The van der Waals surface area contributed by atoms with Crippen LogP contribution in [0.5, 0.6) is 0 Å². The fourth-order valence-corrected chi connectivity index (χ4v) is 3.87. The average Bonchev–Trinajstić information content (AvgIpc) is 3.32. The van der Waals surface area contributed by atoms with E-state index in [0.717, 1.165) is 17.0 Å². The van der Waals surface area contributed by atoms with Crippen LogP contribution in [0, 0.1) is 5.82 Å². The number of aromatic nitrogens is 3. The molecule has 11 nitrogen and oxygen atoms in total. The van der Waals surface area contributed by atoms with Crippen LogP contribution in [-0.2, 0) is 27.3 Å². The molecule has 3 N–H and O–H groups in total. The van der Waals surface area contributed by atoms with Crippen molar-refractivity contribution in [1.29, 1.82) is 0 Å². The lowest BCUT2D eigenvalue weighted by Gasteiger charge is -2.19. The number of nitrogens with one attached hydrogen (secondary N) is 3. The number of ether oxygens (including phenoxy) is 1. The molecular formula is C27H30F4N6O5. The van der Waals surface area contributed by atoms with Crippen molar-refractivity contribution in [1.82, 2.24) is 24.8 Å². The van der Waals surface area contributed by atoms with Gasteiger partial charge in [0.15, 0.2) is 6.10 Å². The smallest absolute Gasteiger partial charge is 0.410 e. The molecule has 0 spiro atoms. The van der Waals surface area contributed by atoms with Gasteiger partial charge in [0.2, 0.25) is 5.91 Å². The minimum Gasteiger partial charge on any atom is -0.436 e. The van der Waals surface area contributed by atoms with Gasteiger partial charge in [-0.1, -0.05) is 6.08 Å². The quantitative estimate of drug-likeness (QED) is 0.230. The summed E-state index contributed by atoms with van der Waals surface area (Å²) >= 11 is 0. The van der Waals surface area contributed by atoms with Crippen LogP contribution in [0.3, 0.4) is 0 Å². The van der Waals surface area contributed by atoms with E-state index in [1.165, 1.54) is 56.2 Å². The molecule has 1 atom stereocenters. The summed E-state index contributed by atoms with van der Waals surface area (Å²) < 4.78 is 58.7. The molecule has 3 rings (SSSR count). The standard InChI is InChI=1S/C27H30F4N6O5/c1-32-22(38)9-5-4-8-20(42-26(41)36(2)3)24(39)34-18-7-6-12-37(25(18)40)15-21-33-19-14-17(28)13-16(23(19)35-21)10-11-27(29,30)31/h5-7,9,12-14,20H,4,8,10-11,15H2,1-3H3,(H,32,38)(H,33,35)(H,34,39)/b9-5+. The molecule has 0 fully saturated rings. The van der Waals surface area contributed by atoms with Crippen molar-refractivity contribution in [3.63, 3.8) is 0 Å². The number of nitrogens with zero attached hydrogens (tertiary/aromatic N) is 3. The highest BCUT2D eigenvalue weighted by Gasteiger charge is 2.27. The van der Waals surface area contributed by atoms with Gasteiger partial charge in [0.25, 0.3) is 11.5 Å². The number of allylic oxidation sites excluding steroid dienone is 1. The number of H-pyrrole nitrogens is 1. The maximum absolute atomic E-state index is 14.0. The second-order valence-corrected chi connectivity index (χ2v) is 9.46. The zero-order chi connectivity index (χ0) is 31.0. The summed E-state index contributed by atoms with van der Waals surface area (Å²) in [5, 5.41) is 4.87. The van der Waals surface area contributed by atoms with E-state index >= 15 is 0 Å². The number of alkyl halides is 3. The number of benzene rings is 1. The Morgan fingerprint density at radius 3 is 2.64 bits per heavy atom. The van der Waals surface area contributed by atoms with Gasteiger partial charge >= 0.3 is 12.3 Å². The van der Waals surface area contributed by atoms with Gasteiger partial charge in [0.1, 0.15) is 17.3 Å². The van der Waals surface area contributed by atoms with E-state index in [1.54, 1.807) is 0 Å². The summed E-state index contributed by atoms with van der Waals surface area (Å²) in [6.45, 7) is -0.166. The molecule has 0 aliphatic rings. The molecule has 2 aromatic heterocycles. The third-order valence-electron chi connectivity index (χ3n) is 5.97. The molecule has 3 aromatic rings. The van der Waals surface area contributed by atoms with E-state index in [1.807, 2.05) is 0 Å². The summed E-state index contributed by atoms with van der Waals surface area (Å²) in [5.41, 5.74) is -0.379. The Morgan fingerprint density at radius 2 is 1.98 bits per heavy atom. The molecular weight excluding hydrogens is 564 g/mol. The van der Waals surface area contributed by atoms with Crippen molar-refractivity contribution >= 4 is 34.6 Å². The van der Waals surface area contributed by atoms with Crippen molar-refractivity contribution in [3.8, 4) is 0 Å². The molecule has 0 saturated heterocycles. The number of pyridine rings is 1. The molecule has 0 bridgehead atoms. The normalized spacial score (nSPS) is 12.4. The number of aromatic amines is 1. The van der Waals surface area contributed by atoms with Crippen LogP contribution in [-0.4, -0.2) is 70.8 Å². The molecule has 0 aliphatic carbocycles. The van der Waals surface area contributed by atoms with Gasteiger partial charge in [-0.05, 0) is 55.2 Å². The molecule has 0 saturated carbocycles. The first-order valence-electron chi connectivity index (χ1n) is 12.8. The van der Waals surface area contributed by atoms with Gasteiger partial charge < -0.3 is 29.8 Å². The first kappa shape index (κ1) is 31.8. The first-order chi connectivity index (χ1) is 19.8. The van der Waals surface area contributed by atoms with Gasteiger partial charge in [-0.15, -0.1) is 0 Å². The minimum absolute atomic E-state index is 0.0200. The lowest BCUT2D eigenvalue weighted by Crippen LogP contribution is -2.37. The number of carbonyl (C=O) groups excluding carboxylic acids is 3. The average molecular weight is 595 g/mol. The molecule has 15 heteroatoms. The topological polar surface area (TPSA) is 138 Å². The predicted octanol–water partition coefficient (Wildman–Crippen LogP) is 3.49. The second kappa shape index (κ2) is 13.8. The fourth-order valence-electron chi connectivity index (χ4n) is 3.87. The summed E-state index contributed by atoms with van der Waals surface area (Å²) in [4.78, 5) is 57.9. The molecule has 0 aliphatic heterocycles. The molecule has 1 unspecified atom stereocenters. The third kappa shape index (κ3) is 8.91. The van der Waals surface area contributed by atoms with Crippen molar-refractivity contribution in [3.05, 3.63) is 70.2 Å². The Hall–Kier alpha value is -4.69. The first-order valence-corrected chi connectivity index (χ1v) is 12.8. The SMILES string of the molecule is CNC(=O)/C=C/CCC(OC(=O)N(C)C)C(=O)Nc1cccn(Cc2nc3c(CCC(F)(F)F)cc(F)cc3[nH]2)c1=O. The molecule has 1 aromatic carbocycles. The third-order valence-corrected chi connectivity index (χ3v) is 5.97. The molecule has 226 valence electrons. The number of halogens is 4. The van der Waals surface area contributed by atoms with E-state index in [4.69, 9.17) is 4.74 Å². The van der Waals surface area contributed by atoms with Crippen molar-refractivity contribution in [2.45, 2.75) is 44.5 Å². The van der Waals surface area contributed by atoms with Crippen LogP contribution < -0.4 is 16.2 Å². The molecule has 3 amide bonds. The number of anilines is 1. The Balaban J connectivity index is 1.80. The lowest BCUT2D eigenvalue weighted by atomic mass is 10.1. The Labute approximate surface area is 237 Å². The molecule has 42 heavy (non-hydrogen) atoms. The van der Waals surface area contributed by atoms with Crippen molar-refractivity contribution < 1.29 is 36.7 Å². The Bertz CT molecular complexity index is 1530. The molecule has 2 heterocycles. The summed E-state index contributed by atoms with van der Waals surface area (Å²) in [6.07, 6.45) is -3.71. The van der Waals surface area contributed by atoms with Crippen LogP contribution >= 0.6 is 0 Å². The predicted molar refractivity (Wildman–Crippen MR) is 145 cm³/mol. The van der Waals surface area contributed by atoms with Crippen LogP contribution in [0.1, 0.15) is 30.7 Å². The fraction of sp³-hybridized carbons (Fsp3) is 0.370. The highest BCUT2D eigenvalue weighted by molar-refractivity contribution is 5.95. The van der Waals surface area contributed by atoms with Gasteiger partial charge in [0.05, 0.1) is 17.6 Å². The Morgan fingerprint density at radius 1 is 1.24 bits per heavy atom. The zero-order valence-corrected chi connectivity index (χ0v) is 23.0. The van der Waals surface area contributed by atoms with E-state index in [2.05, 4.69) is 20.6 Å². The van der Waals surface area contributed by atoms with Gasteiger partial charge in [-0.2, -0.15) is 13.2 Å². The minimum atomic E-state index is -4.43. The zero-order valence-electron chi connectivity index (χ0n) is 23.0. The largest absolute Gasteiger partial charge is 0.436 e. The van der Waals surface area contributed by atoms with E-state index in [-0.39, 0.29) is 53.4 Å². The highest BCUT2D eigenvalue weighted by atomic mass is 19.4. The van der Waals surface area contributed by atoms with Crippen LogP contribution in [0.15, 0.2) is 47.4 Å². The van der Waals surface area contributed by atoms with E-state index < -0.39 is 48.5 Å². The summed E-state index contributed by atoms with van der Waals surface area (Å²) in [5.74, 6) is -1.68. The van der Waals surface area contributed by atoms with Crippen molar-refractivity contribution in [2.24, 2.45) is 0 Å². The van der Waals surface area contributed by atoms with E-state index in [9.17, 15) is 36.7 Å². The van der Waals surface area contributed by atoms with Crippen LogP contribution in [0.4, 0.5) is 28.0 Å². The number of carbonyl (C=O) groups is 3. The van der Waals surface area contributed by atoms with Gasteiger partial charge in [0, 0.05) is 33.8 Å². The number of imidazole rings is 1. The number of rotatable bonds is 11. The number of aryl methyl sites for hydroxylation is 1. The Kier molecular flexibility index (Phi) is 10.4. The van der Waals surface area contributed by atoms with Gasteiger partial charge in [-0.3, -0.25) is 14.4 Å². The number of likely N-dealkylation sites (N-methyl/N-ethyl adjacent to an activating group) is 1. The molecule has 0 radical (unpaired) electrons. The highest BCUT2D eigenvalue weighted by Crippen LogP contribution is 2.26. The van der Waals surface area contributed by atoms with Gasteiger partial charge in [-0.25, -0.2) is 14.2 Å². The number of amides is 3. The summed E-state index contributed by atoms with van der Waals surface area (Å²) in [7, 11) is 4.33. The second-order valence-electron chi connectivity index (χ2n) is 9.46. The number of hydrogen-bond acceptors (Lipinski definition) is 6. The van der Waals surface area contributed by atoms with Crippen LogP contribution in [0.25, 0.3) is 11.0 Å². The van der Waals surface area contributed by atoms with Crippen LogP contribution in [0.2, 0.25) is 0 Å². The maximum atomic E-state index is 14.0. The monoisotopic (exact) mass is 594 g/mol. The van der Waals surface area contributed by atoms with E-state index in [0.29, 0.717) is 0 Å². The number of fused-ring (bicyclic) bond motifs is 1.